The van der Waals surface area contributed by atoms with Crippen LogP contribution in [-0.2, 0) is 14.8 Å². The maximum atomic E-state index is 13.6. The molecule has 0 saturated heterocycles. The highest BCUT2D eigenvalue weighted by atomic mass is 32.2. The van der Waals surface area contributed by atoms with Crippen LogP contribution in [0, 0.1) is 13.8 Å². The average molecular weight is 494 g/mol. The summed E-state index contributed by atoms with van der Waals surface area (Å²) >= 11 is 0. The van der Waals surface area contributed by atoms with Crippen molar-refractivity contribution in [1.82, 2.24) is 4.90 Å². The van der Waals surface area contributed by atoms with E-state index in [4.69, 9.17) is 0 Å². The standard InChI is InChI=1S/C27H31N3O4S/c1-5-29(6-2)27(32)23-14-10-11-15-24(23)28-26(31)19-30(25-17-16-20(3)18-21(25)4)35(33,34)22-12-8-7-9-13-22/h7-18H,5-6,19H2,1-4H3,(H,28,31). The van der Waals surface area contributed by atoms with Crippen molar-refractivity contribution in [1.29, 1.82) is 0 Å². The van der Waals surface area contributed by atoms with Crippen LogP contribution in [0.4, 0.5) is 11.4 Å². The van der Waals surface area contributed by atoms with E-state index in [1.54, 1.807) is 53.4 Å². The van der Waals surface area contributed by atoms with E-state index in [0.717, 1.165) is 15.4 Å². The number of benzene rings is 3. The molecule has 0 fully saturated rings. The van der Waals surface area contributed by atoms with Crippen LogP contribution in [-0.4, -0.2) is 44.8 Å². The van der Waals surface area contributed by atoms with Gasteiger partial charge in [-0.2, -0.15) is 0 Å². The SMILES string of the molecule is CCN(CC)C(=O)c1ccccc1NC(=O)CN(c1ccc(C)cc1C)S(=O)(=O)c1ccccc1. The van der Waals surface area contributed by atoms with Crippen molar-refractivity contribution >= 4 is 33.2 Å². The zero-order valence-corrected chi connectivity index (χ0v) is 21.3. The molecule has 0 saturated carbocycles. The van der Waals surface area contributed by atoms with Crippen molar-refractivity contribution in [2.75, 3.05) is 29.3 Å². The largest absolute Gasteiger partial charge is 0.339 e. The third-order valence-electron chi connectivity index (χ3n) is 5.72. The molecule has 0 spiro atoms. The third kappa shape index (κ3) is 5.89. The number of carbonyl (C=O) groups is 2. The Morgan fingerprint density at radius 2 is 1.49 bits per heavy atom. The molecule has 35 heavy (non-hydrogen) atoms. The summed E-state index contributed by atoms with van der Waals surface area (Å²) in [5.74, 6) is -0.752. The molecule has 0 radical (unpaired) electrons. The summed E-state index contributed by atoms with van der Waals surface area (Å²) in [7, 11) is -4.03. The maximum Gasteiger partial charge on any atom is 0.264 e. The smallest absolute Gasteiger partial charge is 0.264 e. The monoisotopic (exact) mass is 493 g/mol. The Hall–Kier alpha value is -3.65. The van der Waals surface area contributed by atoms with Crippen LogP contribution in [0.25, 0.3) is 0 Å². The van der Waals surface area contributed by atoms with Crippen molar-refractivity contribution in [2.24, 2.45) is 0 Å². The van der Waals surface area contributed by atoms with E-state index in [1.165, 1.54) is 12.1 Å². The third-order valence-corrected chi connectivity index (χ3v) is 7.50. The molecule has 3 aromatic rings. The number of hydrogen-bond donors (Lipinski definition) is 1. The molecule has 3 rings (SSSR count). The summed E-state index contributed by atoms with van der Waals surface area (Å²) in [5, 5.41) is 2.76. The van der Waals surface area contributed by atoms with Gasteiger partial charge in [0.2, 0.25) is 5.91 Å². The van der Waals surface area contributed by atoms with Gasteiger partial charge in [0.05, 0.1) is 21.8 Å². The summed E-state index contributed by atoms with van der Waals surface area (Å²) in [5.41, 5.74) is 2.83. The summed E-state index contributed by atoms with van der Waals surface area (Å²) in [6, 6.07) is 20.2. The number of nitrogens with one attached hydrogen (secondary N) is 1. The second-order valence-corrected chi connectivity index (χ2v) is 10.0. The minimum Gasteiger partial charge on any atom is -0.339 e. The summed E-state index contributed by atoms with van der Waals surface area (Å²) in [6.07, 6.45) is 0. The Morgan fingerprint density at radius 1 is 0.857 bits per heavy atom. The van der Waals surface area contributed by atoms with Crippen LogP contribution in [0.15, 0.2) is 77.7 Å². The molecule has 0 heterocycles. The molecule has 2 amide bonds. The van der Waals surface area contributed by atoms with Crippen molar-refractivity contribution in [2.45, 2.75) is 32.6 Å². The lowest BCUT2D eigenvalue weighted by molar-refractivity contribution is -0.114. The van der Waals surface area contributed by atoms with Crippen molar-refractivity contribution < 1.29 is 18.0 Å². The number of rotatable bonds is 9. The molecule has 184 valence electrons. The van der Waals surface area contributed by atoms with E-state index in [1.807, 2.05) is 39.8 Å². The topological polar surface area (TPSA) is 86.8 Å². The van der Waals surface area contributed by atoms with Gasteiger partial charge in [-0.1, -0.05) is 48.0 Å². The van der Waals surface area contributed by atoms with E-state index < -0.39 is 22.5 Å². The number of hydrogen-bond acceptors (Lipinski definition) is 4. The van der Waals surface area contributed by atoms with Gasteiger partial charge in [-0.25, -0.2) is 8.42 Å². The molecule has 0 bridgehead atoms. The van der Waals surface area contributed by atoms with Gasteiger partial charge < -0.3 is 10.2 Å². The average Bonchev–Trinajstić information content (AvgIpc) is 2.84. The Balaban J connectivity index is 1.97. The summed E-state index contributed by atoms with van der Waals surface area (Å²) in [4.78, 5) is 27.9. The Morgan fingerprint density at radius 3 is 2.11 bits per heavy atom. The van der Waals surface area contributed by atoms with Crippen molar-refractivity contribution in [3.63, 3.8) is 0 Å². The number of anilines is 2. The van der Waals surface area contributed by atoms with Crippen LogP contribution in [0.3, 0.4) is 0 Å². The lowest BCUT2D eigenvalue weighted by Gasteiger charge is -2.26. The summed E-state index contributed by atoms with van der Waals surface area (Å²) in [6.45, 7) is 8.13. The number of carbonyl (C=O) groups excluding carboxylic acids is 2. The fourth-order valence-electron chi connectivity index (χ4n) is 3.88. The van der Waals surface area contributed by atoms with Crippen molar-refractivity contribution in [3.8, 4) is 0 Å². The molecule has 0 aliphatic heterocycles. The number of amides is 2. The van der Waals surface area contributed by atoms with Gasteiger partial charge >= 0.3 is 0 Å². The first-order chi connectivity index (χ1) is 16.7. The van der Waals surface area contributed by atoms with Gasteiger partial charge in [0.1, 0.15) is 6.54 Å². The van der Waals surface area contributed by atoms with Crippen LogP contribution >= 0.6 is 0 Å². The Bertz CT molecular complexity index is 1300. The van der Waals surface area contributed by atoms with Crippen LogP contribution in [0.5, 0.6) is 0 Å². The first-order valence-electron chi connectivity index (χ1n) is 11.5. The van der Waals surface area contributed by atoms with E-state index >= 15 is 0 Å². The molecular formula is C27H31N3O4S. The Labute approximate surface area is 207 Å². The van der Waals surface area contributed by atoms with Crippen LogP contribution in [0.1, 0.15) is 35.3 Å². The van der Waals surface area contributed by atoms with E-state index in [2.05, 4.69) is 5.32 Å². The molecule has 7 nitrogen and oxygen atoms in total. The van der Waals surface area contributed by atoms with Gasteiger partial charge in [-0.15, -0.1) is 0 Å². The van der Waals surface area contributed by atoms with Gasteiger partial charge in [0, 0.05) is 13.1 Å². The second kappa shape index (κ2) is 11.2. The van der Waals surface area contributed by atoms with Gasteiger partial charge in [-0.05, 0) is 63.6 Å². The highest BCUT2D eigenvalue weighted by molar-refractivity contribution is 7.92. The molecule has 0 unspecified atom stereocenters. The fraction of sp³-hybridized carbons (Fsp3) is 0.259. The minimum absolute atomic E-state index is 0.0879. The fourth-order valence-corrected chi connectivity index (χ4v) is 5.39. The van der Waals surface area contributed by atoms with Gasteiger partial charge in [-0.3, -0.25) is 13.9 Å². The van der Waals surface area contributed by atoms with Crippen molar-refractivity contribution in [3.05, 3.63) is 89.5 Å². The van der Waals surface area contributed by atoms with E-state index in [0.29, 0.717) is 30.0 Å². The molecular weight excluding hydrogens is 462 g/mol. The minimum atomic E-state index is -4.03. The number of para-hydroxylation sites is 1. The molecule has 3 aromatic carbocycles. The lowest BCUT2D eigenvalue weighted by atomic mass is 10.1. The van der Waals surface area contributed by atoms with Crippen LogP contribution in [0.2, 0.25) is 0 Å². The van der Waals surface area contributed by atoms with E-state index in [-0.39, 0.29) is 10.8 Å². The van der Waals surface area contributed by atoms with Gasteiger partial charge in [0.25, 0.3) is 15.9 Å². The first-order valence-corrected chi connectivity index (χ1v) is 13.0. The molecule has 0 aliphatic carbocycles. The van der Waals surface area contributed by atoms with Crippen LogP contribution < -0.4 is 9.62 Å². The number of sulfonamides is 1. The molecule has 0 aromatic heterocycles. The molecule has 8 heteroatoms. The highest BCUT2D eigenvalue weighted by Crippen LogP contribution is 2.28. The first kappa shape index (κ1) is 26.0. The van der Waals surface area contributed by atoms with Gasteiger partial charge in [0.15, 0.2) is 0 Å². The maximum absolute atomic E-state index is 13.6. The molecule has 0 atom stereocenters. The summed E-state index contributed by atoms with van der Waals surface area (Å²) < 4.78 is 28.3. The normalized spacial score (nSPS) is 11.1. The highest BCUT2D eigenvalue weighted by Gasteiger charge is 2.28. The zero-order valence-electron chi connectivity index (χ0n) is 20.5. The molecule has 1 N–H and O–H groups in total. The quantitative estimate of drug-likeness (QED) is 0.471. The zero-order chi connectivity index (χ0) is 25.6. The number of nitrogens with zero attached hydrogens (tertiary/aromatic N) is 2. The van der Waals surface area contributed by atoms with E-state index in [9.17, 15) is 18.0 Å². The predicted octanol–water partition coefficient (Wildman–Crippen LogP) is 4.62. The molecule has 0 aliphatic rings. The lowest BCUT2D eigenvalue weighted by Crippen LogP contribution is -2.39. The Kier molecular flexibility index (Phi) is 8.30. The predicted molar refractivity (Wildman–Crippen MR) is 139 cm³/mol. The second-order valence-electron chi connectivity index (χ2n) is 8.19. The number of aryl methyl sites for hydroxylation is 2.